The lowest BCUT2D eigenvalue weighted by atomic mass is 10.1. The van der Waals surface area contributed by atoms with Crippen LogP contribution in [0.5, 0.6) is 0 Å². The van der Waals surface area contributed by atoms with E-state index in [4.69, 9.17) is 0 Å². The number of hydrogen-bond acceptors (Lipinski definition) is 0. The van der Waals surface area contributed by atoms with E-state index in [1.165, 1.54) is 29.4 Å². The van der Waals surface area contributed by atoms with E-state index in [-0.39, 0.29) is 0 Å². The van der Waals surface area contributed by atoms with E-state index in [9.17, 15) is 0 Å². The SMILES string of the molecule is Ic1ccccc1/C=C/c1ccc(/C=C/c2ccccc2I)cc1. The van der Waals surface area contributed by atoms with Crippen LogP contribution in [0.25, 0.3) is 24.3 Å². The van der Waals surface area contributed by atoms with Crippen LogP contribution in [0.4, 0.5) is 0 Å². The maximum atomic E-state index is 2.37. The Labute approximate surface area is 170 Å². The summed E-state index contributed by atoms with van der Waals surface area (Å²) in [6, 6.07) is 25.4. The highest BCUT2D eigenvalue weighted by Crippen LogP contribution is 2.17. The van der Waals surface area contributed by atoms with Gasteiger partial charge < -0.3 is 0 Å². The standard InChI is InChI=1S/C22H16I2/c23-21-7-3-1-5-19(21)15-13-17-9-11-18(12-10-17)14-16-20-6-2-4-8-22(20)24/h1-16H/b15-13+,16-14+. The highest BCUT2D eigenvalue weighted by atomic mass is 127. The van der Waals surface area contributed by atoms with Crippen molar-refractivity contribution in [2.24, 2.45) is 0 Å². The Morgan fingerprint density at radius 1 is 0.458 bits per heavy atom. The topological polar surface area (TPSA) is 0 Å². The van der Waals surface area contributed by atoms with Crippen LogP contribution in [0.3, 0.4) is 0 Å². The molecule has 0 heterocycles. The van der Waals surface area contributed by atoms with Crippen LogP contribution in [0.15, 0.2) is 72.8 Å². The molecule has 0 saturated carbocycles. The largest absolute Gasteiger partial charge is 0.0616 e. The fourth-order valence-corrected chi connectivity index (χ4v) is 3.45. The zero-order valence-corrected chi connectivity index (χ0v) is 17.3. The van der Waals surface area contributed by atoms with Gasteiger partial charge in [-0.2, -0.15) is 0 Å². The lowest BCUT2D eigenvalue weighted by Gasteiger charge is -2.00. The molecule has 0 aliphatic rings. The van der Waals surface area contributed by atoms with Gasteiger partial charge in [0, 0.05) is 7.14 Å². The summed E-state index contributed by atoms with van der Waals surface area (Å²) in [4.78, 5) is 0. The van der Waals surface area contributed by atoms with E-state index in [1.54, 1.807) is 0 Å². The van der Waals surface area contributed by atoms with Crippen molar-refractivity contribution in [1.82, 2.24) is 0 Å². The van der Waals surface area contributed by atoms with Gasteiger partial charge >= 0.3 is 0 Å². The zero-order valence-electron chi connectivity index (χ0n) is 13.0. The van der Waals surface area contributed by atoms with Gasteiger partial charge in [0.25, 0.3) is 0 Å². The Bertz CT molecular complexity index is 800. The maximum absolute atomic E-state index is 2.37. The van der Waals surface area contributed by atoms with Gasteiger partial charge in [-0.05, 0) is 79.6 Å². The second-order valence-electron chi connectivity index (χ2n) is 5.38. The summed E-state index contributed by atoms with van der Waals surface area (Å²) in [6.07, 6.45) is 8.65. The molecule has 0 bridgehead atoms. The molecule has 0 atom stereocenters. The van der Waals surface area contributed by atoms with Crippen molar-refractivity contribution in [3.8, 4) is 0 Å². The summed E-state index contributed by atoms with van der Waals surface area (Å²) < 4.78 is 2.53. The number of rotatable bonds is 4. The summed E-state index contributed by atoms with van der Waals surface area (Å²) >= 11 is 4.73. The van der Waals surface area contributed by atoms with Gasteiger partial charge in [0.05, 0.1) is 0 Å². The van der Waals surface area contributed by atoms with E-state index in [0.29, 0.717) is 0 Å². The van der Waals surface area contributed by atoms with Crippen LogP contribution in [-0.2, 0) is 0 Å². The molecule has 0 aromatic heterocycles. The fourth-order valence-electron chi connectivity index (χ4n) is 2.31. The number of hydrogen-bond donors (Lipinski definition) is 0. The maximum Gasteiger partial charge on any atom is 0.0202 e. The average Bonchev–Trinajstić information content (AvgIpc) is 2.61. The summed E-state index contributed by atoms with van der Waals surface area (Å²) in [6.45, 7) is 0. The minimum atomic E-state index is 1.21. The molecule has 2 heteroatoms. The van der Waals surface area contributed by atoms with Gasteiger partial charge in [-0.15, -0.1) is 0 Å². The first-order valence-corrected chi connectivity index (χ1v) is 9.83. The van der Waals surface area contributed by atoms with Gasteiger partial charge in [-0.3, -0.25) is 0 Å². The monoisotopic (exact) mass is 534 g/mol. The van der Waals surface area contributed by atoms with Crippen molar-refractivity contribution in [3.05, 3.63) is 102 Å². The molecule has 0 unspecified atom stereocenters. The molecule has 0 radical (unpaired) electrons. The molecule has 0 aliphatic carbocycles. The molecule has 3 aromatic rings. The van der Waals surface area contributed by atoms with Crippen molar-refractivity contribution in [2.45, 2.75) is 0 Å². The lowest BCUT2D eigenvalue weighted by molar-refractivity contribution is 1.59. The molecule has 0 spiro atoms. The average molecular weight is 534 g/mol. The van der Waals surface area contributed by atoms with Gasteiger partial charge in [0.15, 0.2) is 0 Å². The third kappa shape index (κ3) is 4.80. The minimum absolute atomic E-state index is 1.21. The van der Waals surface area contributed by atoms with Crippen molar-refractivity contribution < 1.29 is 0 Å². The summed E-state index contributed by atoms with van der Waals surface area (Å²) in [5.74, 6) is 0. The van der Waals surface area contributed by atoms with Crippen molar-refractivity contribution in [2.75, 3.05) is 0 Å². The highest BCUT2D eigenvalue weighted by Gasteiger charge is 1.95. The second kappa shape index (κ2) is 8.62. The number of halogens is 2. The summed E-state index contributed by atoms with van der Waals surface area (Å²) in [5, 5.41) is 0. The third-order valence-electron chi connectivity index (χ3n) is 3.66. The van der Waals surface area contributed by atoms with Crippen molar-refractivity contribution in [1.29, 1.82) is 0 Å². The zero-order chi connectivity index (χ0) is 16.8. The Morgan fingerprint density at radius 2 is 0.833 bits per heavy atom. The molecule has 0 aliphatic heterocycles. The first-order chi connectivity index (χ1) is 11.7. The smallest absolute Gasteiger partial charge is 0.0202 e. The molecule has 3 aromatic carbocycles. The highest BCUT2D eigenvalue weighted by molar-refractivity contribution is 14.1. The molecule has 118 valence electrons. The normalized spacial score (nSPS) is 11.4. The first-order valence-electron chi connectivity index (χ1n) is 7.68. The van der Waals surface area contributed by atoms with Crippen molar-refractivity contribution >= 4 is 69.5 Å². The molecule has 0 fully saturated rings. The van der Waals surface area contributed by atoms with Gasteiger partial charge in [-0.25, -0.2) is 0 Å². The predicted octanol–water partition coefficient (Wildman–Crippen LogP) is 7.24. The Balaban J connectivity index is 1.72. The minimum Gasteiger partial charge on any atom is -0.0616 e. The van der Waals surface area contributed by atoms with E-state index in [2.05, 4.69) is 142 Å². The first kappa shape index (κ1) is 17.4. The Hall–Kier alpha value is -1.40. The Kier molecular flexibility index (Phi) is 6.26. The van der Waals surface area contributed by atoms with Gasteiger partial charge in [-0.1, -0.05) is 85.0 Å². The summed E-state index contributed by atoms with van der Waals surface area (Å²) in [7, 11) is 0. The van der Waals surface area contributed by atoms with E-state index < -0.39 is 0 Å². The van der Waals surface area contributed by atoms with Crippen molar-refractivity contribution in [3.63, 3.8) is 0 Å². The molecule has 0 amide bonds. The molecule has 0 saturated heterocycles. The van der Waals surface area contributed by atoms with E-state index in [1.807, 2.05) is 0 Å². The van der Waals surface area contributed by atoms with E-state index >= 15 is 0 Å². The van der Waals surface area contributed by atoms with Gasteiger partial charge in [0.1, 0.15) is 0 Å². The molecular weight excluding hydrogens is 518 g/mol. The second-order valence-corrected chi connectivity index (χ2v) is 7.70. The molecule has 0 nitrogen and oxygen atoms in total. The number of benzene rings is 3. The molecular formula is C22H16I2. The fraction of sp³-hybridized carbons (Fsp3) is 0. The van der Waals surface area contributed by atoms with Crippen LogP contribution < -0.4 is 0 Å². The quantitative estimate of drug-likeness (QED) is 0.245. The van der Waals surface area contributed by atoms with Crippen LogP contribution >= 0.6 is 45.2 Å². The Morgan fingerprint density at radius 3 is 1.21 bits per heavy atom. The lowest BCUT2D eigenvalue weighted by Crippen LogP contribution is -1.79. The van der Waals surface area contributed by atoms with Crippen LogP contribution in [0, 0.1) is 7.14 Å². The summed E-state index contributed by atoms with van der Waals surface area (Å²) in [5.41, 5.74) is 4.92. The van der Waals surface area contributed by atoms with Crippen LogP contribution in [-0.4, -0.2) is 0 Å². The van der Waals surface area contributed by atoms with E-state index in [0.717, 1.165) is 0 Å². The van der Waals surface area contributed by atoms with Crippen LogP contribution in [0.1, 0.15) is 22.3 Å². The van der Waals surface area contributed by atoms with Crippen LogP contribution in [0.2, 0.25) is 0 Å². The van der Waals surface area contributed by atoms with Gasteiger partial charge in [0.2, 0.25) is 0 Å². The molecule has 24 heavy (non-hydrogen) atoms. The molecule has 0 N–H and O–H groups in total. The third-order valence-corrected chi connectivity index (χ3v) is 5.62. The molecule has 3 rings (SSSR count). The predicted molar refractivity (Wildman–Crippen MR) is 123 cm³/mol.